The lowest BCUT2D eigenvalue weighted by atomic mass is 10.2. The van der Waals surface area contributed by atoms with Crippen molar-refractivity contribution in [3.8, 4) is 5.75 Å². The summed E-state index contributed by atoms with van der Waals surface area (Å²) < 4.78 is 21.6. The van der Waals surface area contributed by atoms with E-state index in [1.807, 2.05) is 22.9 Å². The standard InChI is InChI=1S/C17H13ClFIN2O/c18-13-7-12(8-15(20)9-13)10-22-6-5-21-17(22)11-23-16-3-1-14(19)2-4-16/h1-9H,10-11H2. The van der Waals surface area contributed by atoms with E-state index in [1.165, 1.54) is 12.1 Å². The van der Waals surface area contributed by atoms with Crippen LogP contribution in [-0.4, -0.2) is 9.55 Å². The molecule has 0 amide bonds. The summed E-state index contributed by atoms with van der Waals surface area (Å²) in [7, 11) is 0. The number of hydrogen-bond acceptors (Lipinski definition) is 2. The van der Waals surface area contributed by atoms with Crippen LogP contribution in [0.25, 0.3) is 0 Å². The summed E-state index contributed by atoms with van der Waals surface area (Å²) in [6.07, 6.45) is 3.63. The highest BCUT2D eigenvalue weighted by Gasteiger charge is 2.06. The maximum absolute atomic E-state index is 12.9. The molecule has 0 aliphatic heterocycles. The Hall–Kier alpha value is -1.60. The summed E-state index contributed by atoms with van der Waals surface area (Å²) >= 11 is 8.34. The summed E-state index contributed by atoms with van der Waals surface area (Å²) in [5, 5.41) is 0.719. The van der Waals surface area contributed by atoms with E-state index >= 15 is 0 Å². The predicted octanol–water partition coefficient (Wildman–Crippen LogP) is 4.91. The van der Waals surface area contributed by atoms with Crippen LogP contribution < -0.4 is 4.74 Å². The van der Waals surface area contributed by atoms with Crippen molar-refractivity contribution in [2.45, 2.75) is 13.2 Å². The molecule has 2 aromatic carbocycles. The zero-order chi connectivity index (χ0) is 16.2. The second kappa shape index (κ2) is 7.31. The van der Waals surface area contributed by atoms with E-state index < -0.39 is 0 Å². The van der Waals surface area contributed by atoms with E-state index in [2.05, 4.69) is 33.6 Å². The molecule has 0 aliphatic carbocycles. The van der Waals surface area contributed by atoms with E-state index in [0.29, 0.717) is 18.9 Å². The zero-order valence-corrected chi connectivity index (χ0v) is 15.0. The van der Waals surface area contributed by atoms with Crippen LogP contribution in [0.15, 0.2) is 54.9 Å². The minimum absolute atomic E-state index is 0.283. The number of imidazole rings is 1. The second-order valence-electron chi connectivity index (χ2n) is 4.99. The number of ether oxygens (including phenoxy) is 1. The van der Waals surface area contributed by atoms with Crippen LogP contribution >= 0.6 is 34.2 Å². The first-order valence-corrected chi connectivity index (χ1v) is 8.39. The molecule has 6 heteroatoms. The van der Waals surface area contributed by atoms with Crippen molar-refractivity contribution in [3.05, 3.63) is 80.7 Å². The van der Waals surface area contributed by atoms with Crippen molar-refractivity contribution >= 4 is 34.2 Å². The third kappa shape index (κ3) is 4.45. The molecule has 3 aromatic rings. The lowest BCUT2D eigenvalue weighted by molar-refractivity contribution is 0.290. The Morgan fingerprint density at radius 2 is 1.96 bits per heavy atom. The largest absolute Gasteiger partial charge is 0.486 e. The van der Waals surface area contributed by atoms with Gasteiger partial charge in [-0.25, -0.2) is 9.37 Å². The van der Waals surface area contributed by atoms with Crippen LogP contribution in [0.2, 0.25) is 5.02 Å². The van der Waals surface area contributed by atoms with Gasteiger partial charge in [0.15, 0.2) is 0 Å². The fraction of sp³-hybridized carbons (Fsp3) is 0.118. The van der Waals surface area contributed by atoms with Crippen LogP contribution in [-0.2, 0) is 13.2 Å². The number of benzene rings is 2. The quantitative estimate of drug-likeness (QED) is 0.525. The van der Waals surface area contributed by atoms with Gasteiger partial charge in [0.1, 0.15) is 24.0 Å². The molecule has 118 valence electrons. The van der Waals surface area contributed by atoms with Crippen molar-refractivity contribution in [1.29, 1.82) is 0 Å². The molecular weight excluding hydrogens is 430 g/mol. The van der Waals surface area contributed by atoms with Crippen LogP contribution in [0, 0.1) is 9.39 Å². The Bertz CT molecular complexity index is 784. The minimum Gasteiger partial charge on any atom is -0.486 e. The monoisotopic (exact) mass is 442 g/mol. The predicted molar refractivity (Wildman–Crippen MR) is 96.2 cm³/mol. The molecule has 0 saturated heterocycles. The molecule has 3 nitrogen and oxygen atoms in total. The van der Waals surface area contributed by atoms with Gasteiger partial charge in [0.05, 0.1) is 0 Å². The zero-order valence-electron chi connectivity index (χ0n) is 12.0. The molecule has 3 rings (SSSR count). The van der Waals surface area contributed by atoms with Gasteiger partial charge in [0.2, 0.25) is 0 Å². The highest BCUT2D eigenvalue weighted by atomic mass is 127. The van der Waals surface area contributed by atoms with E-state index in [9.17, 15) is 4.39 Å². The normalized spacial score (nSPS) is 10.7. The highest BCUT2D eigenvalue weighted by Crippen LogP contribution is 2.18. The first-order valence-electron chi connectivity index (χ1n) is 6.93. The first kappa shape index (κ1) is 16.3. The van der Waals surface area contributed by atoms with Gasteiger partial charge in [-0.15, -0.1) is 0 Å². The summed E-state index contributed by atoms with van der Waals surface area (Å²) in [6, 6.07) is 11.9. The molecule has 0 unspecified atom stereocenters. The van der Waals surface area contributed by atoms with Crippen LogP contribution in [0.5, 0.6) is 5.75 Å². The topological polar surface area (TPSA) is 27.1 Å². The molecule has 1 heterocycles. The maximum Gasteiger partial charge on any atom is 0.147 e. The van der Waals surface area contributed by atoms with Crippen molar-refractivity contribution in [2.24, 2.45) is 0 Å². The summed E-state index contributed by atoms with van der Waals surface area (Å²) in [6.45, 7) is 0.981. The third-order valence-electron chi connectivity index (χ3n) is 3.26. The fourth-order valence-corrected chi connectivity index (χ4v) is 3.38. The first-order chi connectivity index (χ1) is 11.1. The molecule has 0 N–H and O–H groups in total. The van der Waals surface area contributed by atoms with Crippen molar-refractivity contribution in [1.82, 2.24) is 9.55 Å². The average Bonchev–Trinajstić information content (AvgIpc) is 2.93. The van der Waals surface area contributed by atoms with Gasteiger partial charge in [-0.3, -0.25) is 0 Å². The van der Waals surface area contributed by atoms with Gasteiger partial charge in [-0.1, -0.05) is 11.6 Å². The minimum atomic E-state index is -0.283. The van der Waals surface area contributed by atoms with Gasteiger partial charge >= 0.3 is 0 Å². The van der Waals surface area contributed by atoms with Gasteiger partial charge in [-0.2, -0.15) is 0 Å². The Balaban J connectivity index is 1.70. The summed E-state index contributed by atoms with van der Waals surface area (Å²) in [5.41, 5.74) is 1.10. The van der Waals surface area contributed by atoms with E-state index in [1.54, 1.807) is 18.3 Å². The van der Waals surface area contributed by atoms with Crippen LogP contribution in [0.3, 0.4) is 0 Å². The lowest BCUT2D eigenvalue weighted by Gasteiger charge is -2.10. The SMILES string of the molecule is Fc1ccc(OCc2nccn2Cc2cc(Cl)cc(I)c2)cc1. The summed E-state index contributed by atoms with van der Waals surface area (Å²) in [4.78, 5) is 4.32. The molecule has 0 fully saturated rings. The highest BCUT2D eigenvalue weighted by molar-refractivity contribution is 14.1. The molecular formula is C17H13ClFIN2O. The summed E-state index contributed by atoms with van der Waals surface area (Å²) in [5.74, 6) is 1.12. The van der Waals surface area contributed by atoms with E-state index in [-0.39, 0.29) is 5.82 Å². The van der Waals surface area contributed by atoms with Crippen LogP contribution in [0.4, 0.5) is 4.39 Å². The third-order valence-corrected chi connectivity index (χ3v) is 4.10. The van der Waals surface area contributed by atoms with Gasteiger partial charge in [-0.05, 0) is 70.6 Å². The number of aromatic nitrogens is 2. The Morgan fingerprint density at radius 3 is 2.70 bits per heavy atom. The molecule has 0 bridgehead atoms. The number of hydrogen-bond donors (Lipinski definition) is 0. The maximum atomic E-state index is 12.9. The smallest absolute Gasteiger partial charge is 0.147 e. The number of nitrogens with zero attached hydrogens (tertiary/aromatic N) is 2. The fourth-order valence-electron chi connectivity index (χ4n) is 2.20. The number of halogens is 3. The van der Waals surface area contributed by atoms with Crippen molar-refractivity contribution in [3.63, 3.8) is 0 Å². The Labute approximate surface area is 152 Å². The van der Waals surface area contributed by atoms with Gasteiger partial charge in [0, 0.05) is 27.5 Å². The molecule has 0 spiro atoms. The second-order valence-corrected chi connectivity index (χ2v) is 6.67. The van der Waals surface area contributed by atoms with Crippen molar-refractivity contribution in [2.75, 3.05) is 0 Å². The van der Waals surface area contributed by atoms with Gasteiger partial charge in [0.25, 0.3) is 0 Å². The van der Waals surface area contributed by atoms with Gasteiger partial charge < -0.3 is 9.30 Å². The molecule has 23 heavy (non-hydrogen) atoms. The molecule has 0 atom stereocenters. The van der Waals surface area contributed by atoms with E-state index in [0.717, 1.165) is 20.0 Å². The number of rotatable bonds is 5. The Kier molecular flexibility index (Phi) is 5.17. The van der Waals surface area contributed by atoms with E-state index in [4.69, 9.17) is 16.3 Å². The molecule has 0 radical (unpaired) electrons. The molecule has 0 saturated carbocycles. The average molecular weight is 443 g/mol. The molecule has 1 aromatic heterocycles. The lowest BCUT2D eigenvalue weighted by Crippen LogP contribution is -2.08. The Morgan fingerprint density at radius 1 is 1.17 bits per heavy atom. The molecule has 0 aliphatic rings. The van der Waals surface area contributed by atoms with Crippen LogP contribution in [0.1, 0.15) is 11.4 Å². The van der Waals surface area contributed by atoms with Crippen molar-refractivity contribution < 1.29 is 9.13 Å².